The second kappa shape index (κ2) is 8.11. The van der Waals surface area contributed by atoms with Gasteiger partial charge < -0.3 is 19.8 Å². The number of nitrogens with one attached hydrogen (secondary N) is 2. The highest BCUT2D eigenvalue weighted by molar-refractivity contribution is 5.77. The Morgan fingerprint density at radius 3 is 2.95 bits per heavy atom. The van der Waals surface area contributed by atoms with Crippen LogP contribution in [0.5, 0.6) is 5.75 Å². The topological polar surface area (TPSA) is 63.5 Å². The number of benzene rings is 1. The van der Waals surface area contributed by atoms with E-state index in [1.165, 1.54) is 5.56 Å². The molecular weight excluding hydrogens is 268 g/mol. The number of carbonyl (C=O) groups excluding carboxylic acids is 1. The van der Waals surface area contributed by atoms with Gasteiger partial charge in [0.15, 0.2) is 0 Å². The van der Waals surface area contributed by atoms with Gasteiger partial charge in [0.05, 0.1) is 26.5 Å². The molecule has 0 saturated heterocycles. The molecule has 1 aromatic carbocycles. The first kappa shape index (κ1) is 15.1. The van der Waals surface area contributed by atoms with E-state index in [-0.39, 0.29) is 5.91 Å². The molecule has 0 atom stereocenters. The first-order valence-corrected chi connectivity index (χ1v) is 6.90. The number of hydrogen-bond donors (Lipinski definition) is 2. The van der Waals surface area contributed by atoms with Crippen molar-refractivity contribution in [2.24, 2.45) is 0 Å². The summed E-state index contributed by atoms with van der Waals surface area (Å²) in [4.78, 5) is 11.6. The molecule has 0 unspecified atom stereocenters. The van der Waals surface area contributed by atoms with Crippen LogP contribution in [0.15, 0.2) is 47.1 Å². The largest absolute Gasteiger partial charge is 0.497 e. The van der Waals surface area contributed by atoms with E-state index in [0.29, 0.717) is 13.1 Å². The van der Waals surface area contributed by atoms with Crippen LogP contribution in [0.1, 0.15) is 11.3 Å². The van der Waals surface area contributed by atoms with Gasteiger partial charge in [0.25, 0.3) is 0 Å². The summed E-state index contributed by atoms with van der Waals surface area (Å²) in [6.07, 6.45) is 2.44. The second-order valence-corrected chi connectivity index (χ2v) is 4.63. The number of furan rings is 1. The van der Waals surface area contributed by atoms with Gasteiger partial charge in [-0.25, -0.2) is 0 Å². The maximum Gasteiger partial charge on any atom is 0.234 e. The van der Waals surface area contributed by atoms with E-state index in [1.54, 1.807) is 19.4 Å². The van der Waals surface area contributed by atoms with Crippen molar-refractivity contribution < 1.29 is 13.9 Å². The van der Waals surface area contributed by atoms with Gasteiger partial charge in [-0.05, 0) is 42.8 Å². The third-order valence-corrected chi connectivity index (χ3v) is 3.05. The van der Waals surface area contributed by atoms with Crippen LogP contribution in [-0.4, -0.2) is 26.1 Å². The monoisotopic (exact) mass is 288 g/mol. The maximum atomic E-state index is 11.6. The molecule has 2 aromatic rings. The van der Waals surface area contributed by atoms with Crippen LogP contribution in [0.25, 0.3) is 0 Å². The Hall–Kier alpha value is -2.27. The molecule has 0 saturated carbocycles. The predicted octanol–water partition coefficient (Wildman–Crippen LogP) is 1.74. The molecule has 1 heterocycles. The molecule has 2 rings (SSSR count). The van der Waals surface area contributed by atoms with Crippen molar-refractivity contribution in [3.63, 3.8) is 0 Å². The molecular formula is C16H20N2O3. The highest BCUT2D eigenvalue weighted by Crippen LogP contribution is 2.12. The molecule has 21 heavy (non-hydrogen) atoms. The van der Waals surface area contributed by atoms with Crippen molar-refractivity contribution in [2.45, 2.75) is 13.0 Å². The zero-order valence-corrected chi connectivity index (χ0v) is 12.1. The first-order valence-electron chi connectivity index (χ1n) is 6.90. The number of ether oxygens (including phenoxy) is 1. The number of methoxy groups -OCH3 is 1. The van der Waals surface area contributed by atoms with Gasteiger partial charge in [-0.15, -0.1) is 0 Å². The molecule has 2 N–H and O–H groups in total. The Morgan fingerprint density at radius 1 is 1.29 bits per heavy atom. The average molecular weight is 288 g/mol. The lowest BCUT2D eigenvalue weighted by Crippen LogP contribution is -2.34. The molecule has 0 aliphatic rings. The molecule has 5 nitrogen and oxygen atoms in total. The van der Waals surface area contributed by atoms with Gasteiger partial charge in [-0.3, -0.25) is 4.79 Å². The Balaban J connectivity index is 1.61. The van der Waals surface area contributed by atoms with Gasteiger partial charge >= 0.3 is 0 Å². The lowest BCUT2D eigenvalue weighted by molar-refractivity contribution is -0.120. The quantitative estimate of drug-likeness (QED) is 0.726. The smallest absolute Gasteiger partial charge is 0.234 e. The van der Waals surface area contributed by atoms with Crippen molar-refractivity contribution in [1.29, 1.82) is 0 Å². The van der Waals surface area contributed by atoms with E-state index in [2.05, 4.69) is 10.6 Å². The van der Waals surface area contributed by atoms with Crippen molar-refractivity contribution >= 4 is 5.91 Å². The van der Waals surface area contributed by atoms with Crippen LogP contribution < -0.4 is 15.4 Å². The predicted molar refractivity (Wildman–Crippen MR) is 80.1 cm³/mol. The molecule has 0 fully saturated rings. The maximum absolute atomic E-state index is 11.6. The van der Waals surface area contributed by atoms with Crippen molar-refractivity contribution in [3.05, 3.63) is 54.0 Å². The molecule has 0 radical (unpaired) electrons. The lowest BCUT2D eigenvalue weighted by Gasteiger charge is -2.07. The van der Waals surface area contributed by atoms with E-state index in [0.717, 1.165) is 24.5 Å². The Morgan fingerprint density at radius 2 is 2.19 bits per heavy atom. The molecule has 1 aromatic heterocycles. The fraction of sp³-hybridized carbons (Fsp3) is 0.312. The van der Waals surface area contributed by atoms with Gasteiger partial charge in [0, 0.05) is 0 Å². The summed E-state index contributed by atoms with van der Waals surface area (Å²) in [7, 11) is 1.65. The van der Waals surface area contributed by atoms with E-state index in [9.17, 15) is 4.79 Å². The number of amides is 1. The zero-order chi connectivity index (χ0) is 14.9. The summed E-state index contributed by atoms with van der Waals surface area (Å²) >= 11 is 0. The SMILES string of the molecule is COc1cccc(CCNCC(=O)NCc2ccco2)c1. The Kier molecular flexibility index (Phi) is 5.84. The minimum Gasteiger partial charge on any atom is -0.497 e. The van der Waals surface area contributed by atoms with Crippen LogP contribution >= 0.6 is 0 Å². The minimum atomic E-state index is -0.0444. The number of carbonyl (C=O) groups is 1. The van der Waals surface area contributed by atoms with Crippen LogP contribution in [0, 0.1) is 0 Å². The summed E-state index contributed by atoms with van der Waals surface area (Å²) in [5, 5.41) is 5.90. The molecule has 0 spiro atoms. The zero-order valence-electron chi connectivity index (χ0n) is 12.1. The molecule has 0 aliphatic heterocycles. The van der Waals surface area contributed by atoms with Gasteiger partial charge in [0.2, 0.25) is 5.91 Å². The van der Waals surface area contributed by atoms with Crippen molar-refractivity contribution in [3.8, 4) is 5.75 Å². The number of hydrogen-bond acceptors (Lipinski definition) is 4. The number of rotatable bonds is 8. The van der Waals surface area contributed by atoms with Crippen molar-refractivity contribution in [1.82, 2.24) is 10.6 Å². The first-order chi connectivity index (χ1) is 10.3. The normalized spacial score (nSPS) is 10.3. The van der Waals surface area contributed by atoms with E-state index in [1.807, 2.05) is 30.3 Å². The van der Waals surface area contributed by atoms with Crippen molar-refractivity contribution in [2.75, 3.05) is 20.2 Å². The molecule has 1 amide bonds. The Bertz CT molecular complexity index is 552. The molecule has 0 aliphatic carbocycles. The second-order valence-electron chi connectivity index (χ2n) is 4.63. The third-order valence-electron chi connectivity index (χ3n) is 3.05. The summed E-state index contributed by atoms with van der Waals surface area (Å²) < 4.78 is 10.3. The van der Waals surface area contributed by atoms with Gasteiger partial charge in [0.1, 0.15) is 11.5 Å². The fourth-order valence-corrected chi connectivity index (χ4v) is 1.92. The molecule has 5 heteroatoms. The molecule has 0 bridgehead atoms. The lowest BCUT2D eigenvalue weighted by atomic mass is 10.1. The summed E-state index contributed by atoms with van der Waals surface area (Å²) in [6, 6.07) is 11.5. The van der Waals surface area contributed by atoms with Gasteiger partial charge in [-0.1, -0.05) is 12.1 Å². The highest BCUT2D eigenvalue weighted by atomic mass is 16.5. The van der Waals surface area contributed by atoms with Crippen LogP contribution in [-0.2, 0) is 17.8 Å². The molecule has 112 valence electrons. The van der Waals surface area contributed by atoms with Crippen LogP contribution in [0.4, 0.5) is 0 Å². The highest BCUT2D eigenvalue weighted by Gasteiger charge is 2.02. The summed E-state index contributed by atoms with van der Waals surface area (Å²) in [5.74, 6) is 1.56. The average Bonchev–Trinajstić information content (AvgIpc) is 3.03. The third kappa shape index (κ3) is 5.31. The summed E-state index contributed by atoms with van der Waals surface area (Å²) in [6.45, 7) is 1.45. The van der Waals surface area contributed by atoms with Crippen LogP contribution in [0.3, 0.4) is 0 Å². The van der Waals surface area contributed by atoms with E-state index in [4.69, 9.17) is 9.15 Å². The van der Waals surface area contributed by atoms with Gasteiger partial charge in [-0.2, -0.15) is 0 Å². The summed E-state index contributed by atoms with van der Waals surface area (Å²) in [5.41, 5.74) is 1.18. The Labute approximate surface area is 124 Å². The van der Waals surface area contributed by atoms with E-state index >= 15 is 0 Å². The van der Waals surface area contributed by atoms with E-state index < -0.39 is 0 Å². The minimum absolute atomic E-state index is 0.0444. The standard InChI is InChI=1S/C16H20N2O3/c1-20-14-5-2-4-13(10-14)7-8-17-12-16(19)18-11-15-6-3-9-21-15/h2-6,9-10,17H,7-8,11-12H2,1H3,(H,18,19). The van der Waals surface area contributed by atoms with Crippen LogP contribution in [0.2, 0.25) is 0 Å². The fourth-order valence-electron chi connectivity index (χ4n) is 1.92.